The van der Waals surface area contributed by atoms with Gasteiger partial charge in [0.05, 0.1) is 0 Å². The van der Waals surface area contributed by atoms with Crippen LogP contribution in [-0.4, -0.2) is 27.5 Å². The normalized spacial score (nSPS) is 15.0. The van der Waals surface area contributed by atoms with Gasteiger partial charge in [0, 0.05) is 36.2 Å². The molecule has 0 unspecified atom stereocenters. The summed E-state index contributed by atoms with van der Waals surface area (Å²) >= 11 is 1.78. The van der Waals surface area contributed by atoms with Crippen LogP contribution in [0.5, 0.6) is 0 Å². The number of hydrogen-bond donors (Lipinski definition) is 0. The summed E-state index contributed by atoms with van der Waals surface area (Å²) in [7, 11) is 0. The van der Waals surface area contributed by atoms with Gasteiger partial charge in [-0.2, -0.15) is 4.98 Å². The van der Waals surface area contributed by atoms with Crippen molar-refractivity contribution in [1.82, 2.24) is 15.0 Å². The van der Waals surface area contributed by atoms with E-state index >= 15 is 0 Å². The Morgan fingerprint density at radius 1 is 1.45 bits per heavy atom. The molecule has 3 rings (SSSR count). The molecule has 0 atom stereocenters. The van der Waals surface area contributed by atoms with Gasteiger partial charge in [0.15, 0.2) is 5.82 Å². The lowest BCUT2D eigenvalue weighted by Gasteiger charge is -2.26. The number of aromatic nitrogens is 2. The van der Waals surface area contributed by atoms with Crippen LogP contribution < -0.4 is 0 Å². The van der Waals surface area contributed by atoms with E-state index in [-0.39, 0.29) is 11.3 Å². The zero-order chi connectivity index (χ0) is 15.7. The minimum absolute atomic E-state index is 0.131. The fourth-order valence-corrected chi connectivity index (χ4v) is 3.38. The van der Waals surface area contributed by atoms with Crippen LogP contribution in [0.4, 0.5) is 0 Å². The average molecular weight is 319 g/mol. The molecule has 22 heavy (non-hydrogen) atoms. The fraction of sp³-hybridized carbons (Fsp3) is 0.562. The molecule has 2 aromatic heterocycles. The molecule has 1 aliphatic heterocycles. The van der Waals surface area contributed by atoms with Crippen molar-refractivity contribution >= 4 is 17.2 Å². The number of fused-ring (bicyclic) bond motifs is 1. The summed E-state index contributed by atoms with van der Waals surface area (Å²) in [5.74, 6) is 1.40. The maximum absolute atomic E-state index is 12.3. The topological polar surface area (TPSA) is 59.2 Å². The van der Waals surface area contributed by atoms with Gasteiger partial charge in [-0.05, 0) is 23.4 Å². The molecule has 118 valence electrons. The summed E-state index contributed by atoms with van der Waals surface area (Å²) in [4.78, 5) is 20.1. The quantitative estimate of drug-likeness (QED) is 0.873. The molecule has 5 nitrogen and oxygen atoms in total. The minimum Gasteiger partial charge on any atom is -0.339 e. The summed E-state index contributed by atoms with van der Waals surface area (Å²) in [6.07, 6.45) is 1.90. The molecule has 0 saturated carbocycles. The molecule has 6 heteroatoms. The molecule has 0 radical (unpaired) electrons. The first-order valence-electron chi connectivity index (χ1n) is 7.59. The predicted octanol–water partition coefficient (Wildman–Crippen LogP) is 2.95. The van der Waals surface area contributed by atoms with E-state index in [4.69, 9.17) is 4.52 Å². The van der Waals surface area contributed by atoms with Crippen molar-refractivity contribution in [3.8, 4) is 0 Å². The maximum Gasteiger partial charge on any atom is 0.227 e. The number of hydrogen-bond acceptors (Lipinski definition) is 5. The maximum atomic E-state index is 12.3. The summed E-state index contributed by atoms with van der Waals surface area (Å²) in [6, 6.07) is 2.12. The van der Waals surface area contributed by atoms with Crippen molar-refractivity contribution in [1.29, 1.82) is 0 Å². The van der Waals surface area contributed by atoms with E-state index in [9.17, 15) is 4.79 Å². The molecule has 1 aliphatic rings. The van der Waals surface area contributed by atoms with Gasteiger partial charge in [0.2, 0.25) is 11.8 Å². The highest BCUT2D eigenvalue weighted by Crippen LogP contribution is 2.24. The molecule has 0 aromatic carbocycles. The van der Waals surface area contributed by atoms with Gasteiger partial charge < -0.3 is 9.42 Å². The Bertz CT molecular complexity index is 669. The van der Waals surface area contributed by atoms with Crippen LogP contribution in [-0.2, 0) is 29.6 Å². The lowest BCUT2D eigenvalue weighted by Crippen LogP contribution is -2.35. The third kappa shape index (κ3) is 3.21. The summed E-state index contributed by atoms with van der Waals surface area (Å²) in [5.41, 5.74) is 1.16. The highest BCUT2D eigenvalue weighted by atomic mass is 32.1. The molecular weight excluding hydrogens is 298 g/mol. The molecule has 0 spiro atoms. The molecule has 2 aromatic rings. The third-order valence-electron chi connectivity index (χ3n) is 3.85. The highest BCUT2D eigenvalue weighted by molar-refractivity contribution is 7.10. The van der Waals surface area contributed by atoms with E-state index < -0.39 is 0 Å². The lowest BCUT2D eigenvalue weighted by atomic mass is 9.96. The molecule has 0 bridgehead atoms. The first-order chi connectivity index (χ1) is 10.4. The van der Waals surface area contributed by atoms with Gasteiger partial charge in [-0.15, -0.1) is 11.3 Å². The van der Waals surface area contributed by atoms with Crippen LogP contribution >= 0.6 is 11.3 Å². The predicted molar refractivity (Wildman–Crippen MR) is 84.8 cm³/mol. The Morgan fingerprint density at radius 2 is 2.27 bits per heavy atom. The zero-order valence-electron chi connectivity index (χ0n) is 13.3. The van der Waals surface area contributed by atoms with Crippen molar-refractivity contribution in [3.05, 3.63) is 33.6 Å². The average Bonchev–Trinajstić information content (AvgIpc) is 3.12. The number of thiophene rings is 1. The molecule has 0 saturated heterocycles. The Morgan fingerprint density at radius 3 is 3.00 bits per heavy atom. The number of amides is 1. The van der Waals surface area contributed by atoms with Crippen molar-refractivity contribution in [2.75, 3.05) is 6.54 Å². The second kappa shape index (κ2) is 5.83. The van der Waals surface area contributed by atoms with E-state index in [1.807, 2.05) is 25.7 Å². The Kier molecular flexibility index (Phi) is 4.04. The standard InChI is InChI=1S/C16H21N3O2S/c1-16(2,3)15-17-13(21-18-15)4-5-14(20)19-8-6-12-11(10-19)7-9-22-12/h7,9H,4-6,8,10H2,1-3H3. The van der Waals surface area contributed by atoms with Crippen molar-refractivity contribution < 1.29 is 9.32 Å². The van der Waals surface area contributed by atoms with Crippen LogP contribution in [0, 0.1) is 0 Å². The van der Waals surface area contributed by atoms with Gasteiger partial charge in [-0.25, -0.2) is 0 Å². The highest BCUT2D eigenvalue weighted by Gasteiger charge is 2.23. The number of carbonyl (C=O) groups is 1. The Balaban J connectivity index is 1.56. The van der Waals surface area contributed by atoms with E-state index in [1.165, 1.54) is 10.4 Å². The molecular formula is C16H21N3O2S. The zero-order valence-corrected chi connectivity index (χ0v) is 14.1. The number of carbonyl (C=O) groups excluding carboxylic acids is 1. The van der Waals surface area contributed by atoms with Crippen molar-refractivity contribution in [2.45, 2.75) is 52.0 Å². The Labute approximate surface area is 134 Å². The summed E-state index contributed by atoms with van der Waals surface area (Å²) < 4.78 is 5.24. The monoisotopic (exact) mass is 319 g/mol. The van der Waals surface area contributed by atoms with Crippen LogP contribution in [0.3, 0.4) is 0 Å². The van der Waals surface area contributed by atoms with Crippen molar-refractivity contribution in [3.63, 3.8) is 0 Å². The number of nitrogens with zero attached hydrogens (tertiary/aromatic N) is 3. The third-order valence-corrected chi connectivity index (χ3v) is 4.88. The molecule has 0 aliphatic carbocycles. The van der Waals surface area contributed by atoms with Crippen LogP contribution in [0.1, 0.15) is 49.3 Å². The van der Waals surface area contributed by atoms with E-state index in [1.54, 1.807) is 11.3 Å². The second-order valence-corrected chi connectivity index (χ2v) is 7.70. The SMILES string of the molecule is CC(C)(C)c1noc(CCC(=O)N2CCc3sccc3C2)n1. The molecule has 0 fully saturated rings. The van der Waals surface area contributed by atoms with E-state index in [0.29, 0.717) is 24.6 Å². The largest absolute Gasteiger partial charge is 0.339 e. The number of rotatable bonds is 3. The van der Waals surface area contributed by atoms with Gasteiger partial charge >= 0.3 is 0 Å². The smallest absolute Gasteiger partial charge is 0.227 e. The summed E-state index contributed by atoms with van der Waals surface area (Å²) in [5, 5.41) is 6.09. The van der Waals surface area contributed by atoms with Crippen LogP contribution in [0.15, 0.2) is 16.0 Å². The summed E-state index contributed by atoms with van der Waals surface area (Å²) in [6.45, 7) is 7.66. The van der Waals surface area contributed by atoms with Crippen LogP contribution in [0.25, 0.3) is 0 Å². The van der Waals surface area contributed by atoms with E-state index in [2.05, 4.69) is 21.6 Å². The lowest BCUT2D eigenvalue weighted by molar-refractivity contribution is -0.132. The Hall–Kier alpha value is -1.69. The van der Waals surface area contributed by atoms with Gasteiger partial charge in [0.25, 0.3) is 0 Å². The van der Waals surface area contributed by atoms with Crippen molar-refractivity contribution in [2.24, 2.45) is 0 Å². The first-order valence-corrected chi connectivity index (χ1v) is 8.47. The van der Waals surface area contributed by atoms with Crippen LogP contribution in [0.2, 0.25) is 0 Å². The van der Waals surface area contributed by atoms with Gasteiger partial charge in [0.1, 0.15) is 0 Å². The number of aryl methyl sites for hydroxylation is 1. The van der Waals surface area contributed by atoms with E-state index in [0.717, 1.165) is 19.5 Å². The molecule has 1 amide bonds. The minimum atomic E-state index is -0.131. The van der Waals surface area contributed by atoms with Gasteiger partial charge in [-0.3, -0.25) is 4.79 Å². The first kappa shape index (κ1) is 15.2. The van der Waals surface area contributed by atoms with Gasteiger partial charge in [-0.1, -0.05) is 25.9 Å². The molecule has 3 heterocycles. The fourth-order valence-electron chi connectivity index (χ4n) is 2.49. The second-order valence-electron chi connectivity index (χ2n) is 6.70. The molecule has 0 N–H and O–H groups in total.